The molecule has 1 aliphatic carbocycles. The summed E-state index contributed by atoms with van der Waals surface area (Å²) in [4.78, 5) is 17.6. The van der Waals surface area contributed by atoms with Crippen molar-refractivity contribution < 1.29 is 36.2 Å². The van der Waals surface area contributed by atoms with Gasteiger partial charge in [-0.25, -0.2) is 13.2 Å². The smallest absolute Gasteiger partial charge is 0.387 e. The number of thioether (sulfide) groups is 1. The lowest BCUT2D eigenvalue weighted by Crippen LogP contribution is -2.42. The minimum absolute atomic E-state index is 0.00118. The zero-order valence-electron chi connectivity index (χ0n) is 23.4. The summed E-state index contributed by atoms with van der Waals surface area (Å²) in [6, 6.07) is 13.5. The third-order valence-electron chi connectivity index (χ3n) is 7.23. The quantitative estimate of drug-likeness (QED) is 0.176. The van der Waals surface area contributed by atoms with Gasteiger partial charge >= 0.3 is 12.6 Å². The van der Waals surface area contributed by atoms with E-state index in [1.54, 1.807) is 0 Å². The van der Waals surface area contributed by atoms with Gasteiger partial charge in [-0.05, 0) is 54.0 Å². The number of esters is 1. The van der Waals surface area contributed by atoms with Gasteiger partial charge in [-0.1, -0.05) is 59.6 Å². The first-order valence-electron chi connectivity index (χ1n) is 14.0. The summed E-state index contributed by atoms with van der Waals surface area (Å²) >= 11 is 14.0. The van der Waals surface area contributed by atoms with Gasteiger partial charge < -0.3 is 14.2 Å². The van der Waals surface area contributed by atoms with E-state index in [2.05, 4.69) is 9.72 Å². The summed E-state index contributed by atoms with van der Waals surface area (Å²) in [5, 5.41) is -0.628. The molecule has 2 heterocycles. The van der Waals surface area contributed by atoms with Gasteiger partial charge in [0, 0.05) is 31.1 Å². The Morgan fingerprint density at radius 2 is 1.80 bits per heavy atom. The molecule has 0 amide bonds. The van der Waals surface area contributed by atoms with E-state index in [1.807, 2.05) is 30.3 Å². The number of halogens is 4. The molecular weight excluding hydrogens is 657 g/mol. The van der Waals surface area contributed by atoms with Gasteiger partial charge in [-0.2, -0.15) is 13.1 Å². The monoisotopic (exact) mass is 686 g/mol. The molecule has 2 fully saturated rings. The predicted molar refractivity (Wildman–Crippen MR) is 165 cm³/mol. The lowest BCUT2D eigenvalue weighted by Gasteiger charge is -2.26. The molecule has 5 rings (SSSR count). The Kier molecular flexibility index (Phi) is 10.9. The molecule has 8 nitrogen and oxygen atoms in total. The van der Waals surface area contributed by atoms with Crippen molar-refractivity contribution in [2.45, 2.75) is 43.8 Å². The van der Waals surface area contributed by atoms with Gasteiger partial charge in [0.05, 0.1) is 22.4 Å². The standard InChI is InChI=1S/C30H30Cl2F2N2O6S2/c31-23-16-35-17-24(32)22(23)15-26(21-8-9-25(42-30(33)34)27(14-21)40-18-20-6-7-20)41-29(37)28-36(11-12-43-28)44(38,39)13-10-19-4-2-1-3-5-19/h1-5,8-9,14,16-17,20,26,28,30H,6-7,10-13,15,18H2/t26-,28-/m0/s1. The third kappa shape index (κ3) is 8.54. The molecule has 14 heteroatoms. The van der Waals surface area contributed by atoms with Gasteiger partial charge in [-0.15, -0.1) is 11.8 Å². The number of carbonyl (C=O) groups excluding carboxylic acids is 1. The molecule has 1 saturated carbocycles. The highest BCUT2D eigenvalue weighted by molar-refractivity contribution is 8.02. The maximum absolute atomic E-state index is 13.7. The number of hydrogen-bond donors (Lipinski definition) is 0. The lowest BCUT2D eigenvalue weighted by atomic mass is 10.0. The van der Waals surface area contributed by atoms with Crippen LogP contribution < -0.4 is 9.47 Å². The molecule has 44 heavy (non-hydrogen) atoms. The summed E-state index contributed by atoms with van der Waals surface area (Å²) in [6.07, 6.45) is 4.03. The van der Waals surface area contributed by atoms with E-state index < -0.39 is 34.1 Å². The average molecular weight is 688 g/mol. The first-order valence-corrected chi connectivity index (χ1v) is 17.4. The average Bonchev–Trinajstić information content (AvgIpc) is 3.69. The minimum Gasteiger partial charge on any atom is -0.489 e. The second kappa shape index (κ2) is 14.6. The zero-order chi connectivity index (χ0) is 31.3. The molecule has 1 aliphatic heterocycles. The number of aryl methyl sites for hydroxylation is 1. The van der Waals surface area contributed by atoms with Gasteiger partial charge in [-0.3, -0.25) is 4.98 Å². The Morgan fingerprint density at radius 3 is 2.48 bits per heavy atom. The summed E-state index contributed by atoms with van der Waals surface area (Å²) in [6.45, 7) is -2.58. The van der Waals surface area contributed by atoms with Crippen LogP contribution in [-0.2, 0) is 32.4 Å². The van der Waals surface area contributed by atoms with E-state index in [4.69, 9.17) is 32.7 Å². The molecule has 0 unspecified atom stereocenters. The maximum atomic E-state index is 13.7. The van der Waals surface area contributed by atoms with Crippen molar-refractivity contribution in [1.29, 1.82) is 0 Å². The fourth-order valence-electron chi connectivity index (χ4n) is 4.70. The van der Waals surface area contributed by atoms with Gasteiger partial charge in [0.25, 0.3) is 0 Å². The second-order valence-corrected chi connectivity index (χ2v) is 14.5. The van der Waals surface area contributed by atoms with Crippen LogP contribution >= 0.6 is 35.0 Å². The number of carbonyl (C=O) groups is 1. The number of benzene rings is 2. The molecule has 1 aromatic heterocycles. The summed E-state index contributed by atoms with van der Waals surface area (Å²) in [5.74, 6) is -0.277. The Hall–Kier alpha value is -2.64. The van der Waals surface area contributed by atoms with Gasteiger partial charge in [0.15, 0.2) is 16.9 Å². The molecule has 236 valence electrons. The van der Waals surface area contributed by atoms with E-state index in [1.165, 1.54) is 46.7 Å². The van der Waals surface area contributed by atoms with E-state index in [0.29, 0.717) is 35.8 Å². The predicted octanol–water partition coefficient (Wildman–Crippen LogP) is 6.55. The van der Waals surface area contributed by atoms with Crippen molar-refractivity contribution in [3.63, 3.8) is 0 Å². The van der Waals surface area contributed by atoms with Crippen molar-refractivity contribution in [2.75, 3.05) is 24.7 Å². The van der Waals surface area contributed by atoms with Crippen LogP contribution in [0.2, 0.25) is 10.0 Å². The second-order valence-electron chi connectivity index (χ2n) is 10.4. The Morgan fingerprint density at radius 1 is 1.07 bits per heavy atom. The van der Waals surface area contributed by atoms with Gasteiger partial charge in [0.1, 0.15) is 6.10 Å². The number of nitrogens with zero attached hydrogens (tertiary/aromatic N) is 2. The fraction of sp³-hybridized carbons (Fsp3) is 0.400. The number of aromatic nitrogens is 1. The van der Waals surface area contributed by atoms with Crippen molar-refractivity contribution >= 4 is 51.0 Å². The Labute approximate surface area is 269 Å². The lowest BCUT2D eigenvalue weighted by molar-refractivity contribution is -0.150. The van der Waals surface area contributed by atoms with Crippen molar-refractivity contribution in [1.82, 2.24) is 9.29 Å². The summed E-state index contributed by atoms with van der Waals surface area (Å²) < 4.78 is 70.6. The number of ether oxygens (including phenoxy) is 3. The van der Waals surface area contributed by atoms with E-state index in [0.717, 1.165) is 18.4 Å². The molecule has 0 N–H and O–H groups in total. The van der Waals surface area contributed by atoms with Crippen molar-refractivity contribution in [3.05, 3.63) is 87.7 Å². The van der Waals surface area contributed by atoms with Crippen molar-refractivity contribution in [3.8, 4) is 11.5 Å². The molecule has 2 atom stereocenters. The highest BCUT2D eigenvalue weighted by Gasteiger charge is 2.41. The number of sulfonamides is 1. The first-order chi connectivity index (χ1) is 21.1. The summed E-state index contributed by atoms with van der Waals surface area (Å²) in [7, 11) is -3.81. The number of rotatable bonds is 14. The van der Waals surface area contributed by atoms with Crippen LogP contribution in [0.3, 0.4) is 0 Å². The van der Waals surface area contributed by atoms with E-state index >= 15 is 0 Å². The molecule has 0 spiro atoms. The van der Waals surface area contributed by atoms with Gasteiger partial charge in [0.2, 0.25) is 10.0 Å². The normalized spacial score (nSPS) is 17.9. The minimum atomic E-state index is -3.81. The highest BCUT2D eigenvalue weighted by atomic mass is 35.5. The molecule has 0 bridgehead atoms. The van der Waals surface area contributed by atoms with E-state index in [-0.39, 0.29) is 40.3 Å². The van der Waals surface area contributed by atoms with E-state index in [9.17, 15) is 22.0 Å². The third-order valence-corrected chi connectivity index (χ3v) is 11.0. The zero-order valence-corrected chi connectivity index (χ0v) is 26.6. The van der Waals surface area contributed by atoms with Crippen LogP contribution in [0.5, 0.6) is 11.5 Å². The maximum Gasteiger partial charge on any atom is 0.387 e. The van der Waals surface area contributed by atoms with Crippen LogP contribution in [0, 0.1) is 5.92 Å². The molecule has 0 radical (unpaired) electrons. The highest BCUT2D eigenvalue weighted by Crippen LogP contribution is 2.39. The Balaban J connectivity index is 1.40. The SMILES string of the molecule is O=C(O[C@@H](Cc1c(Cl)cncc1Cl)c1ccc(OC(F)F)c(OCC2CC2)c1)[C@@H]1SCCN1S(=O)(=O)CCc1ccccc1. The Bertz CT molecular complexity index is 1540. The number of pyridine rings is 1. The van der Waals surface area contributed by atoms with Crippen molar-refractivity contribution in [2.24, 2.45) is 5.92 Å². The van der Waals surface area contributed by atoms with Crippen LogP contribution in [0.4, 0.5) is 8.78 Å². The number of hydrogen-bond acceptors (Lipinski definition) is 8. The largest absolute Gasteiger partial charge is 0.489 e. The molecule has 2 aliphatic rings. The topological polar surface area (TPSA) is 95.0 Å². The van der Waals surface area contributed by atoms with Crippen LogP contribution in [-0.4, -0.2) is 60.3 Å². The molecule has 1 saturated heterocycles. The first kappa shape index (κ1) is 32.7. The molecule has 3 aromatic rings. The number of alkyl halides is 2. The summed E-state index contributed by atoms with van der Waals surface area (Å²) in [5.41, 5.74) is 1.71. The van der Waals surface area contributed by atoms with Crippen LogP contribution in [0.15, 0.2) is 60.9 Å². The molecular formula is C30H30Cl2F2N2O6S2. The van der Waals surface area contributed by atoms with Crippen LogP contribution in [0.25, 0.3) is 0 Å². The molecule has 2 aromatic carbocycles. The fourth-order valence-corrected chi connectivity index (χ4v) is 8.38. The van der Waals surface area contributed by atoms with Crippen LogP contribution in [0.1, 0.15) is 35.6 Å².